The summed E-state index contributed by atoms with van der Waals surface area (Å²) >= 11 is 0. The highest BCUT2D eigenvalue weighted by Crippen LogP contribution is 2.10. The second-order valence-electron chi connectivity index (χ2n) is 4.86. The van der Waals surface area contributed by atoms with Gasteiger partial charge in [0.25, 0.3) is 0 Å². The molecule has 0 aromatic carbocycles. The highest BCUT2D eigenvalue weighted by atomic mass is 16.5. The van der Waals surface area contributed by atoms with E-state index in [0.29, 0.717) is 26.2 Å². The molecule has 1 N–H and O–H groups in total. The van der Waals surface area contributed by atoms with E-state index >= 15 is 0 Å². The highest BCUT2D eigenvalue weighted by Gasteiger charge is 2.27. The van der Waals surface area contributed by atoms with Crippen molar-refractivity contribution in [3.63, 3.8) is 0 Å². The maximum atomic E-state index is 11.7. The fourth-order valence-electron chi connectivity index (χ4n) is 2.31. The van der Waals surface area contributed by atoms with Crippen molar-refractivity contribution < 1.29 is 19.1 Å². The van der Waals surface area contributed by atoms with Gasteiger partial charge in [-0.05, 0) is 26.3 Å². The summed E-state index contributed by atoms with van der Waals surface area (Å²) in [6.45, 7) is 5.05. The summed E-state index contributed by atoms with van der Waals surface area (Å²) in [5, 5.41) is 2.67. The van der Waals surface area contributed by atoms with Gasteiger partial charge in [0, 0.05) is 20.0 Å². The maximum Gasteiger partial charge on any atom is 0.305 e. The molecule has 1 unspecified atom stereocenters. The Morgan fingerprint density at radius 3 is 2.85 bits per heavy atom. The molecule has 6 heteroatoms. The summed E-state index contributed by atoms with van der Waals surface area (Å²) in [5.74, 6) is -0.113. The third kappa shape index (κ3) is 5.88. The molecule has 0 aromatic heterocycles. The Morgan fingerprint density at radius 1 is 1.35 bits per heavy atom. The van der Waals surface area contributed by atoms with Crippen molar-refractivity contribution in [2.75, 3.05) is 40.0 Å². The zero-order chi connectivity index (χ0) is 14.8. The van der Waals surface area contributed by atoms with Gasteiger partial charge in [0.2, 0.25) is 5.91 Å². The molecular weight excluding hydrogens is 260 g/mol. The standard InChI is InChI=1S/C14H26N2O4/c1-3-20-13(17)7-5-4-6-8-16-9-10-19-11-12(16)14(18)15-2/h12H,3-11H2,1-2H3,(H,15,18). The van der Waals surface area contributed by atoms with Crippen LogP contribution in [0, 0.1) is 0 Å². The average molecular weight is 286 g/mol. The largest absolute Gasteiger partial charge is 0.466 e. The van der Waals surface area contributed by atoms with E-state index in [1.54, 1.807) is 7.05 Å². The molecule has 1 heterocycles. The van der Waals surface area contributed by atoms with Crippen molar-refractivity contribution in [1.82, 2.24) is 10.2 Å². The van der Waals surface area contributed by atoms with Crippen molar-refractivity contribution in [2.24, 2.45) is 0 Å². The number of likely N-dealkylation sites (N-methyl/N-ethyl adjacent to an activating group) is 1. The third-order valence-electron chi connectivity index (χ3n) is 3.42. The van der Waals surface area contributed by atoms with Crippen LogP contribution in [0.5, 0.6) is 0 Å². The van der Waals surface area contributed by atoms with Gasteiger partial charge in [-0.1, -0.05) is 6.42 Å². The molecule has 0 aliphatic carbocycles. The van der Waals surface area contributed by atoms with Crippen LogP contribution in [0.4, 0.5) is 0 Å². The molecule has 1 aliphatic rings. The molecule has 1 aliphatic heterocycles. The van der Waals surface area contributed by atoms with Crippen LogP contribution in [0.25, 0.3) is 0 Å². The Morgan fingerprint density at radius 2 is 2.15 bits per heavy atom. The number of ether oxygens (including phenoxy) is 2. The lowest BCUT2D eigenvalue weighted by molar-refractivity contribution is -0.143. The number of hydrogen-bond donors (Lipinski definition) is 1. The van der Waals surface area contributed by atoms with E-state index in [4.69, 9.17) is 9.47 Å². The van der Waals surface area contributed by atoms with Gasteiger partial charge in [0.15, 0.2) is 0 Å². The van der Waals surface area contributed by atoms with Gasteiger partial charge in [-0.25, -0.2) is 0 Å². The first-order valence-corrected chi connectivity index (χ1v) is 7.38. The highest BCUT2D eigenvalue weighted by molar-refractivity contribution is 5.81. The van der Waals surface area contributed by atoms with Gasteiger partial charge >= 0.3 is 5.97 Å². The van der Waals surface area contributed by atoms with Gasteiger partial charge in [0.05, 0.1) is 19.8 Å². The lowest BCUT2D eigenvalue weighted by atomic mass is 10.1. The molecule has 0 saturated carbocycles. The van der Waals surface area contributed by atoms with E-state index in [0.717, 1.165) is 32.4 Å². The van der Waals surface area contributed by atoms with Crippen LogP contribution in [-0.4, -0.2) is 62.8 Å². The monoisotopic (exact) mass is 286 g/mol. The van der Waals surface area contributed by atoms with Crippen LogP contribution in [0.15, 0.2) is 0 Å². The zero-order valence-electron chi connectivity index (χ0n) is 12.5. The summed E-state index contributed by atoms with van der Waals surface area (Å²) in [6.07, 6.45) is 3.27. The van der Waals surface area contributed by atoms with Gasteiger partial charge < -0.3 is 14.8 Å². The summed E-state index contributed by atoms with van der Waals surface area (Å²) in [6, 6.07) is -0.182. The molecule has 116 valence electrons. The first kappa shape index (κ1) is 16.9. The number of hydrogen-bond acceptors (Lipinski definition) is 5. The lowest BCUT2D eigenvalue weighted by Crippen LogP contribution is -2.53. The maximum absolute atomic E-state index is 11.7. The smallest absolute Gasteiger partial charge is 0.305 e. The number of rotatable bonds is 8. The van der Waals surface area contributed by atoms with Crippen LogP contribution in [0.3, 0.4) is 0 Å². The van der Waals surface area contributed by atoms with Gasteiger partial charge in [-0.2, -0.15) is 0 Å². The van der Waals surface area contributed by atoms with Gasteiger partial charge in [-0.15, -0.1) is 0 Å². The Bertz CT molecular complexity index is 310. The van der Waals surface area contributed by atoms with Crippen molar-refractivity contribution in [1.29, 1.82) is 0 Å². The molecule has 1 fully saturated rings. The molecule has 1 rings (SSSR count). The van der Waals surface area contributed by atoms with E-state index < -0.39 is 0 Å². The van der Waals surface area contributed by atoms with E-state index in [1.807, 2.05) is 6.92 Å². The van der Waals surface area contributed by atoms with Gasteiger partial charge in [0.1, 0.15) is 6.04 Å². The molecule has 0 spiro atoms. The first-order chi connectivity index (χ1) is 9.69. The first-order valence-electron chi connectivity index (χ1n) is 7.38. The number of nitrogens with zero attached hydrogens (tertiary/aromatic N) is 1. The lowest BCUT2D eigenvalue weighted by Gasteiger charge is -2.34. The van der Waals surface area contributed by atoms with Crippen LogP contribution in [-0.2, 0) is 19.1 Å². The molecule has 0 bridgehead atoms. The van der Waals surface area contributed by atoms with Crippen LogP contribution in [0.2, 0.25) is 0 Å². The van der Waals surface area contributed by atoms with Crippen molar-refractivity contribution >= 4 is 11.9 Å². The minimum Gasteiger partial charge on any atom is -0.466 e. The predicted molar refractivity (Wildman–Crippen MR) is 75.3 cm³/mol. The number of carbonyl (C=O) groups excluding carboxylic acids is 2. The number of morpholine rings is 1. The third-order valence-corrected chi connectivity index (χ3v) is 3.42. The van der Waals surface area contributed by atoms with Crippen molar-refractivity contribution in [3.8, 4) is 0 Å². The fraction of sp³-hybridized carbons (Fsp3) is 0.857. The Kier molecular flexibility index (Phi) is 8.22. The van der Waals surface area contributed by atoms with E-state index in [1.165, 1.54) is 0 Å². The molecule has 0 radical (unpaired) electrons. The quantitative estimate of drug-likeness (QED) is 0.521. The Balaban J connectivity index is 2.19. The summed E-state index contributed by atoms with van der Waals surface area (Å²) < 4.78 is 10.2. The van der Waals surface area contributed by atoms with Crippen molar-refractivity contribution in [3.05, 3.63) is 0 Å². The number of nitrogens with one attached hydrogen (secondary N) is 1. The summed E-state index contributed by atoms with van der Waals surface area (Å²) in [4.78, 5) is 25.1. The predicted octanol–water partition coefficient (Wildman–Crippen LogP) is 0.557. The van der Waals surface area contributed by atoms with Crippen molar-refractivity contribution in [2.45, 2.75) is 38.6 Å². The SMILES string of the molecule is CCOC(=O)CCCCCN1CCOCC1C(=O)NC. The minimum absolute atomic E-state index is 0.0104. The second-order valence-corrected chi connectivity index (χ2v) is 4.86. The topological polar surface area (TPSA) is 67.9 Å². The molecule has 1 saturated heterocycles. The number of amides is 1. The van der Waals surface area contributed by atoms with Crippen LogP contribution >= 0.6 is 0 Å². The van der Waals surface area contributed by atoms with Gasteiger partial charge in [-0.3, -0.25) is 14.5 Å². The Hall–Kier alpha value is -1.14. The van der Waals surface area contributed by atoms with Crippen LogP contribution < -0.4 is 5.32 Å². The summed E-state index contributed by atoms with van der Waals surface area (Å²) in [7, 11) is 1.65. The number of unbranched alkanes of at least 4 members (excludes halogenated alkanes) is 2. The zero-order valence-corrected chi connectivity index (χ0v) is 12.5. The molecule has 1 amide bonds. The molecule has 1 atom stereocenters. The average Bonchev–Trinajstić information content (AvgIpc) is 2.47. The van der Waals surface area contributed by atoms with E-state index in [2.05, 4.69) is 10.2 Å². The molecule has 0 aromatic rings. The summed E-state index contributed by atoms with van der Waals surface area (Å²) in [5.41, 5.74) is 0. The number of esters is 1. The normalized spacial score (nSPS) is 19.6. The molecule has 20 heavy (non-hydrogen) atoms. The van der Waals surface area contributed by atoms with Crippen LogP contribution in [0.1, 0.15) is 32.6 Å². The van der Waals surface area contributed by atoms with E-state index in [9.17, 15) is 9.59 Å². The minimum atomic E-state index is -0.182. The molecule has 6 nitrogen and oxygen atoms in total. The number of carbonyl (C=O) groups is 2. The Labute approximate surface area is 120 Å². The molecular formula is C14H26N2O4. The fourth-order valence-corrected chi connectivity index (χ4v) is 2.31. The second kappa shape index (κ2) is 9.72. The van der Waals surface area contributed by atoms with E-state index in [-0.39, 0.29) is 17.9 Å².